The van der Waals surface area contributed by atoms with E-state index in [4.69, 9.17) is 0 Å². The van der Waals surface area contributed by atoms with Crippen LogP contribution >= 0.6 is 0 Å². The van der Waals surface area contributed by atoms with E-state index in [0.717, 1.165) is 0 Å². The fraction of sp³-hybridized carbons (Fsp3) is 0.333. The number of hydrogen-bond donors (Lipinski definition) is 0. The zero-order valence-corrected chi connectivity index (χ0v) is 5.50. The van der Waals surface area contributed by atoms with Gasteiger partial charge in [-0.25, -0.2) is 9.97 Å². The summed E-state index contributed by atoms with van der Waals surface area (Å²) in [6.45, 7) is 4.00. The highest BCUT2D eigenvalue weighted by atomic mass is 19.1. The first-order chi connectivity index (χ1) is 4.39. The van der Waals surface area contributed by atoms with E-state index in [1.54, 1.807) is 6.07 Å². The van der Waals surface area contributed by atoms with Gasteiger partial charge in [-0.3, -0.25) is 0 Å². The molecular weight excluding hydrogens is 119 g/mol. The van der Waals surface area contributed by atoms with Crippen LogP contribution in [0, 0.1) is 6.08 Å². The van der Waals surface area contributed by atoms with Crippen molar-refractivity contribution >= 4 is 0 Å². The molecule has 0 aliphatic carbocycles. The van der Waals surface area contributed by atoms with Crippen molar-refractivity contribution in [3.8, 4) is 0 Å². The van der Waals surface area contributed by atoms with Gasteiger partial charge in [0.1, 0.15) is 0 Å². The Labute approximate surface area is 53.8 Å². The lowest BCUT2D eigenvalue weighted by molar-refractivity contribution is 0.538. The number of rotatable bonds is 0. The second-order valence-electron chi connectivity index (χ2n) is 1.02. The molecular formula is C6H9FN2. The maximum absolute atomic E-state index is 11.7. The Balaban J connectivity index is 0.000000291. The quantitative estimate of drug-likeness (QED) is 0.496. The van der Waals surface area contributed by atoms with Crippen LogP contribution in [-0.4, -0.2) is 9.97 Å². The molecule has 0 aliphatic heterocycles. The molecule has 1 heterocycles. The summed E-state index contributed by atoms with van der Waals surface area (Å²) in [5.74, 6) is 0. The molecule has 0 saturated carbocycles. The molecule has 0 bridgehead atoms. The van der Waals surface area contributed by atoms with Crippen LogP contribution in [0.5, 0.6) is 0 Å². The van der Waals surface area contributed by atoms with E-state index in [1.165, 1.54) is 12.4 Å². The second kappa shape index (κ2) is 5.15. The van der Waals surface area contributed by atoms with Gasteiger partial charge in [0.25, 0.3) is 0 Å². The Morgan fingerprint density at radius 3 is 1.89 bits per heavy atom. The van der Waals surface area contributed by atoms with Crippen molar-refractivity contribution in [1.82, 2.24) is 9.97 Å². The van der Waals surface area contributed by atoms with Crippen molar-refractivity contribution < 1.29 is 4.39 Å². The molecule has 2 nitrogen and oxygen atoms in total. The first-order valence-electron chi connectivity index (χ1n) is 2.82. The van der Waals surface area contributed by atoms with E-state index in [9.17, 15) is 4.39 Å². The monoisotopic (exact) mass is 128 g/mol. The number of halogens is 1. The minimum Gasteiger partial charge on any atom is -0.211 e. The van der Waals surface area contributed by atoms with Crippen LogP contribution < -0.4 is 0 Å². The fourth-order valence-corrected chi connectivity index (χ4v) is 0.281. The van der Waals surface area contributed by atoms with Gasteiger partial charge in [-0.15, -0.1) is 0 Å². The molecule has 0 atom stereocenters. The van der Waals surface area contributed by atoms with Gasteiger partial charge in [0, 0.05) is 12.4 Å². The molecule has 0 unspecified atom stereocenters. The zero-order chi connectivity index (χ0) is 7.11. The molecule has 1 aromatic heterocycles. The van der Waals surface area contributed by atoms with Crippen LogP contribution in [0.2, 0.25) is 0 Å². The molecule has 0 saturated heterocycles. The predicted octanol–water partition coefficient (Wildman–Crippen LogP) is 1.64. The summed E-state index contributed by atoms with van der Waals surface area (Å²) in [6.07, 6.45) is 2.02. The molecule has 0 radical (unpaired) electrons. The summed E-state index contributed by atoms with van der Waals surface area (Å²) in [5.41, 5.74) is 0. The normalized spacial score (nSPS) is 7.44. The van der Waals surface area contributed by atoms with E-state index in [-0.39, 0.29) is 0 Å². The fourth-order valence-electron chi connectivity index (χ4n) is 0.281. The lowest BCUT2D eigenvalue weighted by Gasteiger charge is -1.77. The molecule has 50 valence electrons. The summed E-state index contributed by atoms with van der Waals surface area (Å²) in [5, 5.41) is 0. The van der Waals surface area contributed by atoms with Crippen LogP contribution in [0.1, 0.15) is 13.8 Å². The van der Waals surface area contributed by atoms with Crippen molar-refractivity contribution in [2.45, 2.75) is 13.8 Å². The smallest absolute Gasteiger partial charge is 0.211 e. The Kier molecular flexibility index (Phi) is 4.59. The first kappa shape index (κ1) is 8.01. The van der Waals surface area contributed by atoms with E-state index in [1.807, 2.05) is 13.8 Å². The van der Waals surface area contributed by atoms with Gasteiger partial charge in [0.15, 0.2) is 0 Å². The highest BCUT2D eigenvalue weighted by Crippen LogP contribution is 1.79. The highest BCUT2D eigenvalue weighted by molar-refractivity contribution is 4.76. The van der Waals surface area contributed by atoms with Crippen LogP contribution in [0.25, 0.3) is 0 Å². The third-order valence-corrected chi connectivity index (χ3v) is 0.534. The van der Waals surface area contributed by atoms with Gasteiger partial charge < -0.3 is 0 Å². The molecule has 3 heteroatoms. The van der Waals surface area contributed by atoms with E-state index < -0.39 is 6.08 Å². The third-order valence-electron chi connectivity index (χ3n) is 0.534. The van der Waals surface area contributed by atoms with Crippen molar-refractivity contribution in [3.63, 3.8) is 0 Å². The maximum Gasteiger partial charge on any atom is 0.308 e. The topological polar surface area (TPSA) is 25.8 Å². The largest absolute Gasteiger partial charge is 0.308 e. The molecule has 9 heavy (non-hydrogen) atoms. The minimum atomic E-state index is -0.678. The Bertz CT molecular complexity index is 141. The van der Waals surface area contributed by atoms with Crippen molar-refractivity contribution in [3.05, 3.63) is 24.5 Å². The van der Waals surface area contributed by atoms with Gasteiger partial charge >= 0.3 is 6.08 Å². The molecule has 1 aromatic rings. The predicted molar refractivity (Wildman–Crippen MR) is 33.3 cm³/mol. The van der Waals surface area contributed by atoms with Crippen LogP contribution in [-0.2, 0) is 0 Å². The minimum absolute atomic E-state index is 0.678. The summed E-state index contributed by atoms with van der Waals surface area (Å²) in [6, 6.07) is 1.56. The van der Waals surface area contributed by atoms with Gasteiger partial charge in [-0.1, -0.05) is 13.8 Å². The van der Waals surface area contributed by atoms with E-state index in [2.05, 4.69) is 9.97 Å². The Hall–Kier alpha value is -0.990. The summed E-state index contributed by atoms with van der Waals surface area (Å²) >= 11 is 0. The lowest BCUT2D eigenvalue weighted by atomic mass is 10.7. The van der Waals surface area contributed by atoms with E-state index in [0.29, 0.717) is 0 Å². The molecule has 1 rings (SSSR count). The van der Waals surface area contributed by atoms with Crippen molar-refractivity contribution in [2.24, 2.45) is 0 Å². The summed E-state index contributed by atoms with van der Waals surface area (Å²) in [7, 11) is 0. The van der Waals surface area contributed by atoms with Gasteiger partial charge in [0.05, 0.1) is 0 Å². The summed E-state index contributed by atoms with van der Waals surface area (Å²) in [4.78, 5) is 6.40. The molecule has 0 amide bonds. The lowest BCUT2D eigenvalue weighted by Crippen LogP contribution is -1.81. The third kappa shape index (κ3) is 3.58. The van der Waals surface area contributed by atoms with Crippen LogP contribution in [0.4, 0.5) is 4.39 Å². The molecule has 0 aromatic carbocycles. The van der Waals surface area contributed by atoms with Gasteiger partial charge in [0.2, 0.25) is 0 Å². The van der Waals surface area contributed by atoms with E-state index >= 15 is 0 Å². The van der Waals surface area contributed by atoms with Gasteiger partial charge in [-0.2, -0.15) is 4.39 Å². The summed E-state index contributed by atoms with van der Waals surface area (Å²) < 4.78 is 11.7. The SMILES string of the molecule is CC.Fc1ncccn1. The Morgan fingerprint density at radius 1 is 1.22 bits per heavy atom. The van der Waals surface area contributed by atoms with Crippen molar-refractivity contribution in [1.29, 1.82) is 0 Å². The van der Waals surface area contributed by atoms with Gasteiger partial charge in [-0.05, 0) is 6.07 Å². The Morgan fingerprint density at radius 2 is 1.67 bits per heavy atom. The van der Waals surface area contributed by atoms with Crippen LogP contribution in [0.15, 0.2) is 18.5 Å². The molecule has 0 N–H and O–H groups in total. The first-order valence-corrected chi connectivity index (χ1v) is 2.82. The number of aromatic nitrogens is 2. The standard InChI is InChI=1S/C4H3FN2.C2H6/c5-4-6-2-1-3-7-4;1-2/h1-3H;1-2H3. The molecule has 0 spiro atoms. The highest BCUT2D eigenvalue weighted by Gasteiger charge is 1.80. The number of nitrogens with zero attached hydrogens (tertiary/aromatic N) is 2. The molecule has 0 aliphatic rings. The van der Waals surface area contributed by atoms with Crippen molar-refractivity contribution in [2.75, 3.05) is 0 Å². The average Bonchev–Trinajstić information content (AvgIpc) is 1.94. The number of hydrogen-bond acceptors (Lipinski definition) is 2. The molecule has 0 fully saturated rings. The van der Waals surface area contributed by atoms with Crippen LogP contribution in [0.3, 0.4) is 0 Å². The zero-order valence-electron chi connectivity index (χ0n) is 5.50. The second-order valence-corrected chi connectivity index (χ2v) is 1.02. The maximum atomic E-state index is 11.7. The average molecular weight is 128 g/mol.